The number of para-hydroxylation sites is 1. The lowest BCUT2D eigenvalue weighted by Gasteiger charge is -2.35. The minimum Gasteiger partial charge on any atom is -0.388 e. The highest BCUT2D eigenvalue weighted by Crippen LogP contribution is 2.30. The van der Waals surface area contributed by atoms with Crippen molar-refractivity contribution in [2.45, 2.75) is 0 Å². The molecular weight excluding hydrogens is 443 g/mol. The van der Waals surface area contributed by atoms with Crippen molar-refractivity contribution in [1.82, 2.24) is 14.9 Å². The van der Waals surface area contributed by atoms with Crippen LogP contribution < -0.4 is 15.5 Å². The van der Waals surface area contributed by atoms with Gasteiger partial charge in [0, 0.05) is 61.7 Å². The van der Waals surface area contributed by atoms with Crippen molar-refractivity contribution >= 4 is 40.2 Å². The minimum absolute atomic E-state index is 0.322. The maximum absolute atomic E-state index is 15.0. The number of hydrogen-bond acceptors (Lipinski definition) is 7. The van der Waals surface area contributed by atoms with Gasteiger partial charge in [0.2, 0.25) is 5.95 Å². The topological polar surface area (TPSA) is 73.4 Å². The zero-order valence-electron chi connectivity index (χ0n) is 19.5. The molecule has 1 aliphatic heterocycles. The molecule has 0 amide bonds. The number of nitrogens with one attached hydrogen (secondary N) is 2. The van der Waals surface area contributed by atoms with Crippen LogP contribution in [0.15, 0.2) is 66.9 Å². The third-order valence-electron chi connectivity index (χ3n) is 6.34. The van der Waals surface area contributed by atoms with E-state index in [0.29, 0.717) is 18.2 Å². The molecule has 0 atom stereocenters. The van der Waals surface area contributed by atoms with E-state index in [2.05, 4.69) is 31.5 Å². The number of aromatic nitrogens is 2. The molecule has 7 nitrogen and oxygen atoms in total. The number of carbonyl (C=O) groups is 1. The highest BCUT2D eigenvalue weighted by Gasteiger charge is 2.18. The summed E-state index contributed by atoms with van der Waals surface area (Å²) in [6, 6.07) is 19.3. The number of fused-ring (bicyclic) bond motifs is 1. The summed E-state index contributed by atoms with van der Waals surface area (Å²) in [4.78, 5) is 24.1. The van der Waals surface area contributed by atoms with Crippen molar-refractivity contribution in [3.8, 4) is 11.1 Å². The van der Waals surface area contributed by atoms with Crippen LogP contribution in [0.2, 0.25) is 0 Å². The van der Waals surface area contributed by atoms with E-state index in [1.54, 1.807) is 12.3 Å². The fraction of sp³-hybridized carbons (Fsp3) is 0.222. The van der Waals surface area contributed by atoms with Gasteiger partial charge in [-0.3, -0.25) is 4.90 Å². The number of benzene rings is 3. The molecular formula is C27H27FN6O. The molecule has 2 N–H and O–H groups in total. The molecule has 0 bridgehead atoms. The lowest BCUT2D eigenvalue weighted by Crippen LogP contribution is -2.46. The van der Waals surface area contributed by atoms with Crippen molar-refractivity contribution in [1.29, 1.82) is 0 Å². The van der Waals surface area contributed by atoms with Crippen LogP contribution in [0.1, 0.15) is 0 Å². The number of halogens is 1. The minimum atomic E-state index is -0.364. The lowest BCUT2D eigenvalue weighted by molar-refractivity contribution is -0.108. The molecule has 0 spiro atoms. The number of anilines is 4. The van der Waals surface area contributed by atoms with Crippen LogP contribution in [-0.4, -0.2) is 60.9 Å². The fourth-order valence-corrected chi connectivity index (χ4v) is 4.41. The predicted molar refractivity (Wildman–Crippen MR) is 139 cm³/mol. The molecule has 3 aromatic carbocycles. The van der Waals surface area contributed by atoms with Crippen molar-refractivity contribution in [3.05, 3.63) is 72.7 Å². The van der Waals surface area contributed by atoms with E-state index in [1.165, 1.54) is 6.07 Å². The van der Waals surface area contributed by atoms with Gasteiger partial charge in [-0.1, -0.05) is 30.3 Å². The molecule has 4 aromatic rings. The summed E-state index contributed by atoms with van der Waals surface area (Å²) >= 11 is 0. The molecule has 0 radical (unpaired) electrons. The Morgan fingerprint density at radius 2 is 1.86 bits per heavy atom. The van der Waals surface area contributed by atoms with Gasteiger partial charge < -0.3 is 20.3 Å². The highest BCUT2D eigenvalue weighted by molar-refractivity contribution is 5.94. The van der Waals surface area contributed by atoms with Gasteiger partial charge in [-0.25, -0.2) is 14.4 Å². The zero-order chi connectivity index (χ0) is 24.2. The van der Waals surface area contributed by atoms with Gasteiger partial charge in [0.25, 0.3) is 0 Å². The number of nitrogens with zero attached hydrogens (tertiary/aromatic N) is 4. The van der Waals surface area contributed by atoms with E-state index < -0.39 is 0 Å². The van der Waals surface area contributed by atoms with E-state index in [9.17, 15) is 4.79 Å². The van der Waals surface area contributed by atoms with Crippen molar-refractivity contribution < 1.29 is 9.18 Å². The summed E-state index contributed by atoms with van der Waals surface area (Å²) in [5.41, 5.74) is 4.97. The molecule has 1 aliphatic rings. The zero-order valence-corrected chi connectivity index (χ0v) is 19.5. The Morgan fingerprint density at radius 3 is 2.63 bits per heavy atom. The van der Waals surface area contributed by atoms with Gasteiger partial charge in [-0.15, -0.1) is 0 Å². The molecule has 5 rings (SSSR count). The molecule has 1 aromatic heterocycles. The van der Waals surface area contributed by atoms with Gasteiger partial charge >= 0.3 is 0 Å². The Kier molecular flexibility index (Phi) is 6.54. The second kappa shape index (κ2) is 10.1. The Bertz CT molecular complexity index is 1350. The number of carbonyl (C=O) groups excluding carboxylic acids is 1. The molecule has 178 valence electrons. The summed E-state index contributed by atoms with van der Waals surface area (Å²) in [7, 11) is 1.89. The van der Waals surface area contributed by atoms with Crippen LogP contribution in [0, 0.1) is 5.82 Å². The molecule has 1 saturated heterocycles. The first-order valence-corrected chi connectivity index (χ1v) is 11.7. The molecule has 0 unspecified atom stereocenters. The van der Waals surface area contributed by atoms with E-state index in [0.717, 1.165) is 65.9 Å². The van der Waals surface area contributed by atoms with Crippen LogP contribution in [0.25, 0.3) is 22.0 Å². The molecule has 0 saturated carbocycles. The Labute approximate surface area is 203 Å². The summed E-state index contributed by atoms with van der Waals surface area (Å²) in [5, 5.41) is 7.12. The molecule has 35 heavy (non-hydrogen) atoms. The first-order chi connectivity index (χ1) is 17.1. The maximum Gasteiger partial charge on any atom is 0.227 e. The van der Waals surface area contributed by atoms with Crippen LogP contribution in [0.3, 0.4) is 0 Å². The molecule has 8 heteroatoms. The third-order valence-corrected chi connectivity index (χ3v) is 6.34. The first kappa shape index (κ1) is 22.7. The number of rotatable bonds is 7. The number of aldehydes is 1. The first-order valence-electron chi connectivity index (χ1n) is 11.7. The Morgan fingerprint density at radius 1 is 1.03 bits per heavy atom. The summed E-state index contributed by atoms with van der Waals surface area (Å²) in [6.45, 7) is 3.52. The Balaban J connectivity index is 1.38. The van der Waals surface area contributed by atoms with Gasteiger partial charge in [0.05, 0.1) is 17.7 Å². The summed E-state index contributed by atoms with van der Waals surface area (Å²) in [5.74, 6) is -0.0274. The van der Waals surface area contributed by atoms with Crippen molar-refractivity contribution in [3.63, 3.8) is 0 Å². The monoisotopic (exact) mass is 470 g/mol. The second-order valence-corrected chi connectivity index (χ2v) is 8.51. The quantitative estimate of drug-likeness (QED) is 0.384. The van der Waals surface area contributed by atoms with Crippen LogP contribution in [0.5, 0.6) is 0 Å². The van der Waals surface area contributed by atoms with E-state index >= 15 is 4.39 Å². The molecule has 1 fully saturated rings. The van der Waals surface area contributed by atoms with E-state index in [4.69, 9.17) is 4.98 Å². The SMILES string of the molecule is CNc1cccc(-c2cccc3cnc(Nc4ccc(N5CCN(CC=O)CC5)cc4F)nc23)c1. The smallest absolute Gasteiger partial charge is 0.227 e. The number of hydrogen-bond donors (Lipinski definition) is 2. The average molecular weight is 471 g/mol. The lowest BCUT2D eigenvalue weighted by atomic mass is 10.0. The largest absolute Gasteiger partial charge is 0.388 e. The average Bonchev–Trinajstić information content (AvgIpc) is 2.90. The summed E-state index contributed by atoms with van der Waals surface area (Å²) < 4.78 is 15.0. The van der Waals surface area contributed by atoms with E-state index in [-0.39, 0.29) is 5.82 Å². The second-order valence-electron chi connectivity index (χ2n) is 8.51. The van der Waals surface area contributed by atoms with Crippen LogP contribution in [-0.2, 0) is 4.79 Å². The molecule has 0 aliphatic carbocycles. The van der Waals surface area contributed by atoms with Gasteiger partial charge in [0.1, 0.15) is 12.1 Å². The molecule has 2 heterocycles. The third kappa shape index (κ3) is 4.93. The van der Waals surface area contributed by atoms with E-state index in [1.807, 2.05) is 49.5 Å². The van der Waals surface area contributed by atoms with Crippen molar-refractivity contribution in [2.75, 3.05) is 55.3 Å². The normalized spacial score (nSPS) is 14.2. The van der Waals surface area contributed by atoms with Crippen molar-refractivity contribution in [2.24, 2.45) is 0 Å². The highest BCUT2D eigenvalue weighted by atomic mass is 19.1. The summed E-state index contributed by atoms with van der Waals surface area (Å²) in [6.07, 6.45) is 2.67. The van der Waals surface area contributed by atoms with Crippen LogP contribution in [0.4, 0.5) is 27.4 Å². The fourth-order valence-electron chi connectivity index (χ4n) is 4.41. The van der Waals surface area contributed by atoms with Gasteiger partial charge in [0.15, 0.2) is 0 Å². The predicted octanol–water partition coefficient (Wildman–Crippen LogP) is 4.54. The Hall–Kier alpha value is -4.04. The standard InChI is InChI=1S/C27H27FN6O/c1-29-21-6-2-4-19(16-21)23-7-3-5-20-18-30-27(32-26(20)23)31-25-9-8-22(17-24(25)28)34-12-10-33(11-13-34)14-15-35/h2-9,15-18,29H,10-14H2,1H3,(H,30,31,32). The van der Waals surface area contributed by atoms with Crippen LogP contribution >= 0.6 is 0 Å². The number of piperazine rings is 1. The van der Waals surface area contributed by atoms with Gasteiger partial charge in [-0.05, 0) is 35.9 Å². The maximum atomic E-state index is 15.0. The van der Waals surface area contributed by atoms with Gasteiger partial charge in [-0.2, -0.15) is 0 Å².